The molecular weight excluding hydrogens is 152 g/mol. The standard InChI is InChI=1S/C10H16O2/c1-10(11-2,12-3)9-7-5-4-6-8-9/h5,7-8H,4,6H2,1-3H3. The van der Waals surface area contributed by atoms with Crippen LogP contribution in [0.2, 0.25) is 0 Å². The van der Waals surface area contributed by atoms with Crippen LogP contribution in [0.5, 0.6) is 0 Å². The highest BCUT2D eigenvalue weighted by Gasteiger charge is 2.26. The van der Waals surface area contributed by atoms with E-state index >= 15 is 0 Å². The highest BCUT2D eigenvalue weighted by atomic mass is 16.7. The number of hydrogen-bond donors (Lipinski definition) is 0. The van der Waals surface area contributed by atoms with Crippen LogP contribution in [0.4, 0.5) is 0 Å². The minimum Gasteiger partial charge on any atom is -0.349 e. The maximum Gasteiger partial charge on any atom is 0.190 e. The summed E-state index contributed by atoms with van der Waals surface area (Å²) in [6, 6.07) is 0. The molecule has 0 aliphatic heterocycles. The van der Waals surface area contributed by atoms with Gasteiger partial charge in [0.15, 0.2) is 5.79 Å². The van der Waals surface area contributed by atoms with E-state index in [1.54, 1.807) is 14.2 Å². The second-order valence-corrected chi connectivity index (χ2v) is 2.99. The van der Waals surface area contributed by atoms with Gasteiger partial charge in [-0.05, 0) is 19.8 Å². The number of ether oxygens (including phenoxy) is 2. The minimum atomic E-state index is -0.572. The van der Waals surface area contributed by atoms with Crippen molar-refractivity contribution in [2.75, 3.05) is 14.2 Å². The number of hydrogen-bond acceptors (Lipinski definition) is 2. The molecule has 1 aliphatic carbocycles. The van der Waals surface area contributed by atoms with Crippen LogP contribution in [0.15, 0.2) is 23.8 Å². The summed E-state index contributed by atoms with van der Waals surface area (Å²) in [5, 5.41) is 0. The van der Waals surface area contributed by atoms with Crippen molar-refractivity contribution in [3.8, 4) is 0 Å². The lowest BCUT2D eigenvalue weighted by molar-refractivity contribution is -0.162. The molecule has 0 bridgehead atoms. The third-order valence-electron chi connectivity index (χ3n) is 2.30. The van der Waals surface area contributed by atoms with Gasteiger partial charge in [-0.25, -0.2) is 0 Å². The third kappa shape index (κ3) is 1.76. The molecule has 1 rings (SSSR count). The molecule has 0 fully saturated rings. The summed E-state index contributed by atoms with van der Waals surface area (Å²) in [7, 11) is 3.32. The first-order valence-corrected chi connectivity index (χ1v) is 4.20. The van der Waals surface area contributed by atoms with Crippen molar-refractivity contribution >= 4 is 0 Å². The van der Waals surface area contributed by atoms with E-state index in [0.717, 1.165) is 18.4 Å². The molecular formula is C10H16O2. The lowest BCUT2D eigenvalue weighted by Gasteiger charge is -2.28. The first kappa shape index (κ1) is 9.49. The first-order valence-electron chi connectivity index (χ1n) is 4.20. The molecule has 68 valence electrons. The van der Waals surface area contributed by atoms with Crippen molar-refractivity contribution in [1.82, 2.24) is 0 Å². The van der Waals surface area contributed by atoms with E-state index < -0.39 is 5.79 Å². The van der Waals surface area contributed by atoms with Crippen LogP contribution in [-0.4, -0.2) is 20.0 Å². The zero-order valence-electron chi connectivity index (χ0n) is 7.96. The summed E-state index contributed by atoms with van der Waals surface area (Å²) < 4.78 is 10.6. The first-order chi connectivity index (χ1) is 5.73. The van der Waals surface area contributed by atoms with E-state index in [0.29, 0.717) is 0 Å². The molecule has 2 heteroatoms. The summed E-state index contributed by atoms with van der Waals surface area (Å²) in [5.74, 6) is -0.572. The fourth-order valence-corrected chi connectivity index (χ4v) is 1.27. The molecule has 1 aliphatic rings. The fraction of sp³-hybridized carbons (Fsp3) is 0.600. The predicted molar refractivity (Wildman–Crippen MR) is 48.9 cm³/mol. The summed E-state index contributed by atoms with van der Waals surface area (Å²) in [4.78, 5) is 0. The Morgan fingerprint density at radius 1 is 1.25 bits per heavy atom. The van der Waals surface area contributed by atoms with Crippen molar-refractivity contribution in [3.63, 3.8) is 0 Å². The summed E-state index contributed by atoms with van der Waals surface area (Å²) >= 11 is 0. The van der Waals surface area contributed by atoms with Gasteiger partial charge in [-0.1, -0.05) is 18.2 Å². The van der Waals surface area contributed by atoms with Gasteiger partial charge in [0, 0.05) is 19.8 Å². The van der Waals surface area contributed by atoms with E-state index in [-0.39, 0.29) is 0 Å². The third-order valence-corrected chi connectivity index (χ3v) is 2.30. The molecule has 0 atom stereocenters. The normalized spacial score (nSPS) is 17.8. The number of rotatable bonds is 3. The van der Waals surface area contributed by atoms with Crippen LogP contribution < -0.4 is 0 Å². The van der Waals surface area contributed by atoms with Crippen molar-refractivity contribution in [2.45, 2.75) is 25.6 Å². The smallest absolute Gasteiger partial charge is 0.190 e. The maximum absolute atomic E-state index is 5.28. The summed E-state index contributed by atoms with van der Waals surface area (Å²) in [6.07, 6.45) is 8.57. The second-order valence-electron chi connectivity index (χ2n) is 2.99. The van der Waals surface area contributed by atoms with Crippen LogP contribution in [0, 0.1) is 0 Å². The molecule has 0 N–H and O–H groups in total. The molecule has 0 unspecified atom stereocenters. The lowest BCUT2D eigenvalue weighted by Crippen LogP contribution is -2.31. The SMILES string of the molecule is COC(C)(OC)C1=CCCC=C1. The molecule has 0 saturated carbocycles. The summed E-state index contributed by atoms with van der Waals surface area (Å²) in [6.45, 7) is 1.93. The van der Waals surface area contributed by atoms with E-state index in [9.17, 15) is 0 Å². The average Bonchev–Trinajstić information content (AvgIpc) is 2.18. The Bertz CT molecular complexity index is 200. The molecule has 2 nitrogen and oxygen atoms in total. The Kier molecular flexibility index (Phi) is 3.06. The van der Waals surface area contributed by atoms with Gasteiger partial charge >= 0.3 is 0 Å². The van der Waals surface area contributed by atoms with Gasteiger partial charge in [0.05, 0.1) is 0 Å². The molecule has 0 amide bonds. The van der Waals surface area contributed by atoms with Crippen LogP contribution in [0.3, 0.4) is 0 Å². The second kappa shape index (κ2) is 3.87. The van der Waals surface area contributed by atoms with Gasteiger partial charge < -0.3 is 9.47 Å². The van der Waals surface area contributed by atoms with Gasteiger partial charge in [-0.15, -0.1) is 0 Å². The van der Waals surface area contributed by atoms with Gasteiger partial charge in [-0.2, -0.15) is 0 Å². The zero-order valence-corrected chi connectivity index (χ0v) is 7.96. The molecule has 12 heavy (non-hydrogen) atoms. The van der Waals surface area contributed by atoms with Crippen molar-refractivity contribution in [3.05, 3.63) is 23.8 Å². The van der Waals surface area contributed by atoms with Crippen LogP contribution in [-0.2, 0) is 9.47 Å². The highest BCUT2D eigenvalue weighted by molar-refractivity contribution is 5.28. The highest BCUT2D eigenvalue weighted by Crippen LogP contribution is 2.25. The molecule has 0 aromatic carbocycles. The average molecular weight is 168 g/mol. The van der Waals surface area contributed by atoms with E-state index in [1.807, 2.05) is 6.92 Å². The van der Waals surface area contributed by atoms with Crippen LogP contribution in [0.1, 0.15) is 19.8 Å². The predicted octanol–water partition coefficient (Wildman–Crippen LogP) is 2.27. The number of allylic oxidation sites excluding steroid dienone is 2. The van der Waals surface area contributed by atoms with Crippen molar-refractivity contribution in [1.29, 1.82) is 0 Å². The monoisotopic (exact) mass is 168 g/mol. The van der Waals surface area contributed by atoms with E-state index in [2.05, 4.69) is 18.2 Å². The van der Waals surface area contributed by atoms with Gasteiger partial charge in [0.1, 0.15) is 0 Å². The molecule has 0 heterocycles. The van der Waals surface area contributed by atoms with Crippen LogP contribution >= 0.6 is 0 Å². The Morgan fingerprint density at radius 3 is 2.33 bits per heavy atom. The Morgan fingerprint density at radius 2 is 1.92 bits per heavy atom. The van der Waals surface area contributed by atoms with Gasteiger partial charge in [0.25, 0.3) is 0 Å². The van der Waals surface area contributed by atoms with Gasteiger partial charge in [-0.3, -0.25) is 0 Å². The minimum absolute atomic E-state index is 0.572. The Hall–Kier alpha value is -0.600. The van der Waals surface area contributed by atoms with Crippen LogP contribution in [0.25, 0.3) is 0 Å². The Balaban J connectivity index is 2.78. The largest absolute Gasteiger partial charge is 0.349 e. The maximum atomic E-state index is 5.28. The van der Waals surface area contributed by atoms with Crippen molar-refractivity contribution < 1.29 is 9.47 Å². The topological polar surface area (TPSA) is 18.5 Å². The molecule has 0 aromatic rings. The van der Waals surface area contributed by atoms with Gasteiger partial charge in [0.2, 0.25) is 0 Å². The van der Waals surface area contributed by atoms with E-state index in [1.165, 1.54) is 0 Å². The lowest BCUT2D eigenvalue weighted by atomic mass is 10.0. The number of methoxy groups -OCH3 is 2. The molecule has 0 radical (unpaired) electrons. The molecule has 0 aromatic heterocycles. The molecule has 0 spiro atoms. The van der Waals surface area contributed by atoms with Crippen molar-refractivity contribution in [2.24, 2.45) is 0 Å². The van der Waals surface area contributed by atoms with E-state index in [4.69, 9.17) is 9.47 Å². The zero-order chi connectivity index (χ0) is 9.03. The molecule has 0 saturated heterocycles. The summed E-state index contributed by atoms with van der Waals surface area (Å²) in [5.41, 5.74) is 1.11. The Labute approximate surface area is 73.9 Å². The quantitative estimate of drug-likeness (QED) is 0.602. The fourth-order valence-electron chi connectivity index (χ4n) is 1.27.